The first-order chi connectivity index (χ1) is 13.6. The Kier molecular flexibility index (Phi) is 4.57. The summed E-state index contributed by atoms with van der Waals surface area (Å²) in [6.45, 7) is 1.94. The molecule has 0 bridgehead atoms. The Morgan fingerprint density at radius 1 is 0.964 bits per heavy atom. The van der Waals surface area contributed by atoms with E-state index in [2.05, 4.69) is 0 Å². The van der Waals surface area contributed by atoms with Crippen LogP contribution in [0.2, 0.25) is 0 Å². The lowest BCUT2D eigenvalue weighted by molar-refractivity contribution is 0.0107. The Labute approximate surface area is 163 Å². The topological polar surface area (TPSA) is 55.8 Å². The van der Waals surface area contributed by atoms with Gasteiger partial charge < -0.3 is 9.47 Å². The van der Waals surface area contributed by atoms with Crippen molar-refractivity contribution < 1.29 is 19.1 Å². The number of aryl methyl sites for hydroxylation is 1. The molecule has 5 heteroatoms. The number of hydrogen-bond donors (Lipinski definition) is 0. The molecule has 2 amide bonds. The second-order valence-corrected chi connectivity index (χ2v) is 6.59. The second kappa shape index (κ2) is 7.19. The van der Waals surface area contributed by atoms with E-state index in [9.17, 15) is 9.59 Å². The van der Waals surface area contributed by atoms with Gasteiger partial charge in [-0.2, -0.15) is 0 Å². The Morgan fingerprint density at radius 2 is 1.64 bits per heavy atom. The van der Waals surface area contributed by atoms with Crippen LogP contribution in [-0.4, -0.2) is 23.8 Å². The van der Waals surface area contributed by atoms with E-state index in [4.69, 9.17) is 9.47 Å². The van der Waals surface area contributed by atoms with Gasteiger partial charge in [0.05, 0.1) is 12.7 Å². The lowest BCUT2D eigenvalue weighted by atomic mass is 10.0. The van der Waals surface area contributed by atoms with Gasteiger partial charge in [-0.25, -0.2) is 4.90 Å². The number of rotatable bonds is 3. The molecule has 0 spiro atoms. The van der Waals surface area contributed by atoms with E-state index in [1.54, 1.807) is 67.8 Å². The molecule has 0 saturated carbocycles. The van der Waals surface area contributed by atoms with E-state index >= 15 is 0 Å². The predicted molar refractivity (Wildman–Crippen MR) is 104 cm³/mol. The molecule has 0 aliphatic carbocycles. The summed E-state index contributed by atoms with van der Waals surface area (Å²) in [7, 11) is 1.58. The van der Waals surface area contributed by atoms with Crippen molar-refractivity contribution in [2.75, 3.05) is 7.11 Å². The second-order valence-electron chi connectivity index (χ2n) is 6.59. The number of benzene rings is 3. The van der Waals surface area contributed by atoms with Crippen molar-refractivity contribution in [1.82, 2.24) is 4.90 Å². The van der Waals surface area contributed by atoms with Gasteiger partial charge in [0, 0.05) is 11.1 Å². The molecule has 1 heterocycles. The lowest BCUT2D eigenvalue weighted by Gasteiger charge is -2.35. The Bertz CT molecular complexity index is 1030. The minimum atomic E-state index is -0.859. The average Bonchev–Trinajstić information content (AvgIpc) is 2.74. The molecule has 0 aromatic heterocycles. The van der Waals surface area contributed by atoms with Crippen LogP contribution in [0.3, 0.4) is 0 Å². The summed E-state index contributed by atoms with van der Waals surface area (Å²) in [5, 5.41) is 0. The fourth-order valence-corrected chi connectivity index (χ4v) is 3.17. The van der Waals surface area contributed by atoms with E-state index < -0.39 is 12.1 Å². The summed E-state index contributed by atoms with van der Waals surface area (Å²) in [6, 6.07) is 21.2. The van der Waals surface area contributed by atoms with Crippen LogP contribution in [0, 0.1) is 6.92 Å². The molecule has 28 heavy (non-hydrogen) atoms. The third-order valence-corrected chi connectivity index (χ3v) is 4.73. The molecule has 0 unspecified atom stereocenters. The van der Waals surface area contributed by atoms with Crippen LogP contribution in [0.5, 0.6) is 11.5 Å². The number of ether oxygens (including phenoxy) is 2. The molecule has 0 fully saturated rings. The highest BCUT2D eigenvalue weighted by atomic mass is 16.5. The van der Waals surface area contributed by atoms with Crippen molar-refractivity contribution in [2.24, 2.45) is 0 Å². The molecule has 0 radical (unpaired) electrons. The molecule has 3 aromatic rings. The van der Waals surface area contributed by atoms with E-state index in [0.29, 0.717) is 28.2 Å². The number of imide groups is 1. The maximum Gasteiger partial charge on any atom is 0.267 e. The van der Waals surface area contributed by atoms with Crippen LogP contribution in [0.4, 0.5) is 0 Å². The SMILES string of the molecule is COc1ccc([C@@H]2Oc3ccccc3C(=O)N2C(=O)c2ccc(C)cc2)cc1. The van der Waals surface area contributed by atoms with Crippen molar-refractivity contribution >= 4 is 11.8 Å². The average molecular weight is 373 g/mol. The van der Waals surface area contributed by atoms with Crippen molar-refractivity contribution in [1.29, 1.82) is 0 Å². The lowest BCUT2D eigenvalue weighted by Crippen LogP contribution is -2.45. The third kappa shape index (κ3) is 3.11. The zero-order valence-corrected chi connectivity index (χ0v) is 15.6. The number of nitrogens with zero attached hydrogens (tertiary/aromatic N) is 1. The third-order valence-electron chi connectivity index (χ3n) is 4.73. The van der Waals surface area contributed by atoms with Crippen LogP contribution in [-0.2, 0) is 0 Å². The first-order valence-electron chi connectivity index (χ1n) is 8.92. The Morgan fingerprint density at radius 3 is 2.32 bits per heavy atom. The highest BCUT2D eigenvalue weighted by Crippen LogP contribution is 2.36. The van der Waals surface area contributed by atoms with Crippen LogP contribution < -0.4 is 9.47 Å². The first-order valence-corrected chi connectivity index (χ1v) is 8.92. The van der Waals surface area contributed by atoms with Crippen molar-refractivity contribution in [2.45, 2.75) is 13.2 Å². The maximum atomic E-state index is 13.2. The Balaban J connectivity index is 1.79. The first kappa shape index (κ1) is 17.8. The molecule has 1 atom stereocenters. The summed E-state index contributed by atoms with van der Waals surface area (Å²) >= 11 is 0. The number of methoxy groups -OCH3 is 1. The zero-order valence-electron chi connectivity index (χ0n) is 15.6. The molecule has 0 saturated heterocycles. The largest absolute Gasteiger partial charge is 0.497 e. The van der Waals surface area contributed by atoms with Crippen molar-refractivity contribution in [3.63, 3.8) is 0 Å². The van der Waals surface area contributed by atoms with Gasteiger partial charge >= 0.3 is 0 Å². The summed E-state index contributed by atoms with van der Waals surface area (Å²) < 4.78 is 11.3. The van der Waals surface area contributed by atoms with Gasteiger partial charge in [-0.1, -0.05) is 29.8 Å². The molecule has 5 nitrogen and oxygen atoms in total. The number of para-hydroxylation sites is 1. The molecular weight excluding hydrogens is 354 g/mol. The summed E-state index contributed by atoms with van der Waals surface area (Å²) in [5.74, 6) is 0.359. The normalized spacial score (nSPS) is 15.6. The number of hydrogen-bond acceptors (Lipinski definition) is 4. The van der Waals surface area contributed by atoms with E-state index in [1.807, 2.05) is 19.1 Å². The number of fused-ring (bicyclic) bond motifs is 1. The zero-order chi connectivity index (χ0) is 19.7. The molecule has 4 rings (SSSR count). The number of carbonyl (C=O) groups excluding carboxylic acids is 2. The fraction of sp³-hybridized carbons (Fsp3) is 0.130. The standard InChI is InChI=1S/C23H19NO4/c1-15-7-9-16(10-8-15)21(25)24-22(26)19-5-3-4-6-20(19)28-23(24)17-11-13-18(27-2)14-12-17/h3-14,23H,1-2H3/t23-/m0/s1. The summed E-state index contributed by atoms with van der Waals surface area (Å²) in [4.78, 5) is 27.6. The highest BCUT2D eigenvalue weighted by Gasteiger charge is 2.39. The van der Waals surface area contributed by atoms with Gasteiger partial charge in [-0.05, 0) is 55.5 Å². The Hall–Kier alpha value is -3.60. The van der Waals surface area contributed by atoms with Crippen LogP contribution in [0.1, 0.15) is 38.1 Å². The van der Waals surface area contributed by atoms with E-state index in [-0.39, 0.29) is 5.91 Å². The molecule has 1 aliphatic rings. The monoisotopic (exact) mass is 373 g/mol. The fourth-order valence-electron chi connectivity index (χ4n) is 3.17. The molecule has 3 aromatic carbocycles. The van der Waals surface area contributed by atoms with Gasteiger partial charge in [0.2, 0.25) is 6.23 Å². The summed E-state index contributed by atoms with van der Waals surface area (Å²) in [5.41, 5.74) is 2.52. The van der Waals surface area contributed by atoms with Gasteiger partial charge in [0.15, 0.2) is 0 Å². The highest BCUT2D eigenvalue weighted by molar-refractivity contribution is 6.12. The minimum absolute atomic E-state index is 0.368. The van der Waals surface area contributed by atoms with Crippen molar-refractivity contribution in [3.05, 3.63) is 95.1 Å². The van der Waals surface area contributed by atoms with Crippen LogP contribution >= 0.6 is 0 Å². The van der Waals surface area contributed by atoms with Gasteiger partial charge in [0.25, 0.3) is 11.8 Å². The maximum absolute atomic E-state index is 13.2. The number of carbonyl (C=O) groups is 2. The molecule has 0 N–H and O–H groups in total. The minimum Gasteiger partial charge on any atom is -0.497 e. The number of amides is 2. The smallest absolute Gasteiger partial charge is 0.267 e. The molecular formula is C23H19NO4. The van der Waals surface area contributed by atoms with Gasteiger partial charge in [0.1, 0.15) is 11.5 Å². The summed E-state index contributed by atoms with van der Waals surface area (Å²) in [6.07, 6.45) is -0.859. The van der Waals surface area contributed by atoms with Gasteiger partial charge in [-0.3, -0.25) is 9.59 Å². The van der Waals surface area contributed by atoms with Crippen LogP contribution in [0.15, 0.2) is 72.8 Å². The predicted octanol–water partition coefficient (Wildman–Crippen LogP) is 4.38. The van der Waals surface area contributed by atoms with Crippen LogP contribution in [0.25, 0.3) is 0 Å². The van der Waals surface area contributed by atoms with Gasteiger partial charge in [-0.15, -0.1) is 0 Å². The molecule has 140 valence electrons. The quantitative estimate of drug-likeness (QED) is 0.640. The van der Waals surface area contributed by atoms with Crippen molar-refractivity contribution in [3.8, 4) is 11.5 Å². The van der Waals surface area contributed by atoms with E-state index in [1.165, 1.54) is 4.90 Å². The molecule has 1 aliphatic heterocycles. The van der Waals surface area contributed by atoms with E-state index in [0.717, 1.165) is 5.56 Å².